The van der Waals surface area contributed by atoms with E-state index in [1.807, 2.05) is 17.5 Å². The topological polar surface area (TPSA) is 30.2 Å². The van der Waals surface area contributed by atoms with Gasteiger partial charge >= 0.3 is 0 Å². The Balaban J connectivity index is 2.12. The summed E-state index contributed by atoms with van der Waals surface area (Å²) in [6.45, 7) is 0. The summed E-state index contributed by atoms with van der Waals surface area (Å²) >= 11 is 1.50. The van der Waals surface area contributed by atoms with Crippen LogP contribution >= 0.6 is 11.3 Å². The fourth-order valence-electron chi connectivity index (χ4n) is 1.77. The van der Waals surface area contributed by atoms with Crippen molar-refractivity contribution in [2.75, 3.05) is 0 Å². The lowest BCUT2D eigenvalue weighted by Crippen LogP contribution is -1.98. The van der Waals surface area contributed by atoms with Crippen LogP contribution in [0.5, 0.6) is 0 Å². The molecule has 0 bridgehead atoms. The van der Waals surface area contributed by atoms with Crippen molar-refractivity contribution in [2.24, 2.45) is 0 Å². The molecule has 4 heteroatoms. The first-order valence-corrected chi connectivity index (χ1v) is 6.55. The van der Waals surface area contributed by atoms with E-state index in [9.17, 15) is 9.18 Å². The van der Waals surface area contributed by atoms with Gasteiger partial charge in [0.05, 0.1) is 4.88 Å². The lowest BCUT2D eigenvalue weighted by atomic mass is 10.1. The Kier molecular flexibility index (Phi) is 3.01. The third-order valence-electron chi connectivity index (χ3n) is 2.66. The Morgan fingerprint density at radius 1 is 1.00 bits per heavy atom. The highest BCUT2D eigenvalue weighted by atomic mass is 32.1. The van der Waals surface area contributed by atoms with Crippen LogP contribution in [0.4, 0.5) is 4.39 Å². The maximum Gasteiger partial charge on any atom is 0.186 e. The van der Waals surface area contributed by atoms with Crippen molar-refractivity contribution in [1.29, 1.82) is 0 Å². The second-order valence-electron chi connectivity index (χ2n) is 4.01. The van der Waals surface area contributed by atoms with Gasteiger partial charge in [0, 0.05) is 17.7 Å². The van der Waals surface area contributed by atoms with Crippen molar-refractivity contribution in [1.82, 2.24) is 0 Å². The van der Waals surface area contributed by atoms with Gasteiger partial charge in [-0.3, -0.25) is 4.79 Å². The van der Waals surface area contributed by atoms with E-state index in [-0.39, 0.29) is 11.2 Å². The average molecular weight is 272 g/mol. The predicted octanol–water partition coefficient (Wildman–Crippen LogP) is 4.17. The molecule has 0 aliphatic carbocycles. The first-order chi connectivity index (χ1) is 9.22. The minimum Gasteiger partial charge on any atom is -0.455 e. The molecule has 2 heterocycles. The molecule has 0 atom stereocenters. The summed E-state index contributed by atoms with van der Waals surface area (Å²) in [6, 6.07) is 12.5. The molecule has 0 unspecified atom stereocenters. The number of rotatable bonds is 2. The molecule has 19 heavy (non-hydrogen) atoms. The van der Waals surface area contributed by atoms with Crippen LogP contribution < -0.4 is 5.43 Å². The zero-order chi connectivity index (χ0) is 13.2. The molecule has 0 radical (unpaired) electrons. The van der Waals surface area contributed by atoms with Gasteiger partial charge in [-0.25, -0.2) is 4.39 Å². The van der Waals surface area contributed by atoms with Crippen LogP contribution in [0.2, 0.25) is 0 Å². The van der Waals surface area contributed by atoms with Crippen molar-refractivity contribution >= 4 is 11.3 Å². The lowest BCUT2D eigenvalue weighted by Gasteiger charge is -2.03. The summed E-state index contributed by atoms with van der Waals surface area (Å²) in [7, 11) is 0. The van der Waals surface area contributed by atoms with Crippen LogP contribution in [0.15, 0.2) is 63.1 Å². The van der Waals surface area contributed by atoms with E-state index < -0.39 is 0 Å². The monoisotopic (exact) mass is 272 g/mol. The van der Waals surface area contributed by atoms with Crippen LogP contribution in [-0.4, -0.2) is 0 Å². The summed E-state index contributed by atoms with van der Waals surface area (Å²) in [5, 5.41) is 1.92. The number of benzene rings is 1. The number of halogens is 1. The minimum atomic E-state index is -0.319. The van der Waals surface area contributed by atoms with Gasteiger partial charge in [-0.05, 0) is 35.7 Å². The van der Waals surface area contributed by atoms with Crippen LogP contribution in [0.25, 0.3) is 22.0 Å². The fourth-order valence-corrected chi connectivity index (χ4v) is 2.45. The van der Waals surface area contributed by atoms with E-state index in [0.717, 1.165) is 4.88 Å². The summed E-state index contributed by atoms with van der Waals surface area (Å²) < 4.78 is 18.6. The Hall–Kier alpha value is -2.20. The molecule has 0 saturated carbocycles. The highest BCUT2D eigenvalue weighted by molar-refractivity contribution is 7.13. The smallest absolute Gasteiger partial charge is 0.186 e. The highest BCUT2D eigenvalue weighted by Crippen LogP contribution is 2.27. The molecular weight excluding hydrogens is 263 g/mol. The van der Waals surface area contributed by atoms with Gasteiger partial charge in [0.25, 0.3) is 0 Å². The Morgan fingerprint density at radius 2 is 1.74 bits per heavy atom. The summed E-state index contributed by atoms with van der Waals surface area (Å²) in [6.07, 6.45) is 0. The van der Waals surface area contributed by atoms with E-state index >= 15 is 0 Å². The molecule has 3 aromatic rings. The normalized spacial score (nSPS) is 10.6. The predicted molar refractivity (Wildman–Crippen MR) is 73.7 cm³/mol. The van der Waals surface area contributed by atoms with E-state index in [1.54, 1.807) is 12.1 Å². The van der Waals surface area contributed by atoms with Crippen molar-refractivity contribution in [3.8, 4) is 22.0 Å². The van der Waals surface area contributed by atoms with Crippen molar-refractivity contribution in [3.63, 3.8) is 0 Å². The van der Waals surface area contributed by atoms with Gasteiger partial charge < -0.3 is 4.42 Å². The third kappa shape index (κ3) is 2.48. The maximum absolute atomic E-state index is 12.9. The fraction of sp³-hybridized carbons (Fsp3) is 0. The molecule has 1 aromatic carbocycles. The second-order valence-corrected chi connectivity index (χ2v) is 4.95. The van der Waals surface area contributed by atoms with Crippen molar-refractivity contribution in [2.45, 2.75) is 0 Å². The Morgan fingerprint density at radius 3 is 2.42 bits per heavy atom. The van der Waals surface area contributed by atoms with Crippen LogP contribution in [0.3, 0.4) is 0 Å². The molecule has 0 fully saturated rings. The van der Waals surface area contributed by atoms with E-state index in [2.05, 4.69) is 0 Å². The first-order valence-electron chi connectivity index (χ1n) is 5.67. The van der Waals surface area contributed by atoms with Crippen molar-refractivity contribution < 1.29 is 8.81 Å². The Bertz CT molecular complexity index is 743. The van der Waals surface area contributed by atoms with Crippen LogP contribution in [0.1, 0.15) is 0 Å². The number of thiophene rings is 1. The molecule has 0 N–H and O–H groups in total. The Labute approximate surface area is 112 Å². The standard InChI is InChI=1S/C15H9FO2S/c16-11-5-3-10(4-6-11)13-8-12(17)9-14(18-13)15-2-1-7-19-15/h1-9H. The summed E-state index contributed by atoms with van der Waals surface area (Å²) in [5.74, 6) is 0.651. The molecule has 0 saturated heterocycles. The average Bonchev–Trinajstić information content (AvgIpc) is 2.93. The maximum atomic E-state index is 12.9. The van der Waals surface area contributed by atoms with Gasteiger partial charge in [0.1, 0.15) is 17.3 Å². The quantitative estimate of drug-likeness (QED) is 0.700. The molecule has 3 rings (SSSR count). The van der Waals surface area contributed by atoms with Crippen LogP contribution in [-0.2, 0) is 0 Å². The molecule has 2 aromatic heterocycles. The minimum absolute atomic E-state index is 0.131. The molecule has 94 valence electrons. The van der Waals surface area contributed by atoms with E-state index in [0.29, 0.717) is 17.1 Å². The van der Waals surface area contributed by atoms with E-state index in [4.69, 9.17) is 4.42 Å². The lowest BCUT2D eigenvalue weighted by molar-refractivity contribution is 0.581. The van der Waals surface area contributed by atoms with Gasteiger partial charge in [-0.15, -0.1) is 11.3 Å². The SMILES string of the molecule is O=c1cc(-c2ccc(F)cc2)oc(-c2cccs2)c1. The van der Waals surface area contributed by atoms with Gasteiger partial charge in [0.15, 0.2) is 5.43 Å². The molecule has 2 nitrogen and oxygen atoms in total. The van der Waals surface area contributed by atoms with Crippen LogP contribution in [0, 0.1) is 5.82 Å². The zero-order valence-electron chi connectivity index (χ0n) is 9.80. The molecule has 0 aliphatic heterocycles. The van der Waals surface area contributed by atoms with Crippen molar-refractivity contribution in [3.05, 3.63) is 70.0 Å². The highest BCUT2D eigenvalue weighted by Gasteiger charge is 2.07. The molecule has 0 amide bonds. The number of hydrogen-bond acceptors (Lipinski definition) is 3. The first kappa shape index (κ1) is 11.9. The molecular formula is C15H9FO2S. The van der Waals surface area contributed by atoms with Gasteiger partial charge in [-0.2, -0.15) is 0 Å². The summed E-state index contributed by atoms with van der Waals surface area (Å²) in [5.41, 5.74) is 0.547. The second kappa shape index (κ2) is 4.82. The number of hydrogen-bond donors (Lipinski definition) is 0. The summed E-state index contributed by atoms with van der Waals surface area (Å²) in [4.78, 5) is 12.6. The van der Waals surface area contributed by atoms with Gasteiger partial charge in [-0.1, -0.05) is 6.07 Å². The van der Waals surface area contributed by atoms with E-state index in [1.165, 1.54) is 35.6 Å². The van der Waals surface area contributed by atoms with Gasteiger partial charge in [0.2, 0.25) is 0 Å². The zero-order valence-corrected chi connectivity index (χ0v) is 10.6. The largest absolute Gasteiger partial charge is 0.455 e. The molecule has 0 spiro atoms. The molecule has 0 aliphatic rings. The third-order valence-corrected chi connectivity index (χ3v) is 3.54.